The molecule has 0 bridgehead atoms. The van der Waals surface area contributed by atoms with Crippen molar-refractivity contribution in [1.82, 2.24) is 4.90 Å². The molecule has 6 nitrogen and oxygen atoms in total. The van der Waals surface area contributed by atoms with Gasteiger partial charge in [-0.15, -0.1) is 0 Å². The van der Waals surface area contributed by atoms with Crippen LogP contribution in [-0.2, 0) is 16.0 Å². The third-order valence-electron chi connectivity index (χ3n) is 3.86. The molecule has 0 saturated carbocycles. The first-order valence-electron chi connectivity index (χ1n) is 8.19. The molecule has 0 aliphatic rings. The molecule has 1 N–H and O–H groups in total. The Bertz CT molecular complexity index is 815. The summed E-state index contributed by atoms with van der Waals surface area (Å²) in [5.41, 5.74) is 2.27. The zero-order chi connectivity index (χ0) is 19.1. The monoisotopic (exact) mass is 354 g/mol. The molecule has 0 atom stereocenters. The first kappa shape index (κ1) is 19.2. The molecule has 2 aromatic carbocycles. The van der Waals surface area contributed by atoms with Gasteiger partial charge in [0.25, 0.3) is 5.91 Å². The maximum Gasteiger partial charge on any atom is 0.337 e. The second-order valence-corrected chi connectivity index (χ2v) is 6.02. The van der Waals surface area contributed by atoms with E-state index in [1.807, 2.05) is 18.2 Å². The molecule has 0 fully saturated rings. The Kier molecular flexibility index (Phi) is 6.49. The minimum absolute atomic E-state index is 0.0547. The summed E-state index contributed by atoms with van der Waals surface area (Å²) >= 11 is 0. The molecule has 0 aliphatic carbocycles. The maximum atomic E-state index is 12.4. The Morgan fingerprint density at radius 1 is 1.00 bits per heavy atom. The Morgan fingerprint density at radius 2 is 1.69 bits per heavy atom. The molecule has 0 unspecified atom stereocenters. The van der Waals surface area contributed by atoms with E-state index in [1.165, 1.54) is 13.2 Å². The molecule has 0 aromatic heterocycles. The van der Waals surface area contributed by atoms with Crippen LogP contribution in [0.1, 0.15) is 32.7 Å². The number of rotatable bonds is 6. The van der Waals surface area contributed by atoms with E-state index in [4.69, 9.17) is 0 Å². The van der Waals surface area contributed by atoms with Gasteiger partial charge in [0, 0.05) is 31.8 Å². The highest BCUT2D eigenvalue weighted by Crippen LogP contribution is 2.15. The summed E-state index contributed by atoms with van der Waals surface area (Å²) in [4.78, 5) is 37.3. The predicted molar refractivity (Wildman–Crippen MR) is 99.2 cm³/mol. The molecule has 2 rings (SSSR count). The number of anilines is 1. The van der Waals surface area contributed by atoms with E-state index in [9.17, 15) is 14.4 Å². The van der Waals surface area contributed by atoms with Crippen LogP contribution >= 0.6 is 0 Å². The van der Waals surface area contributed by atoms with Gasteiger partial charge < -0.3 is 15.0 Å². The first-order valence-corrected chi connectivity index (χ1v) is 8.19. The van der Waals surface area contributed by atoms with E-state index >= 15 is 0 Å². The number of aryl methyl sites for hydroxylation is 1. The summed E-state index contributed by atoms with van der Waals surface area (Å²) in [5.74, 6) is -0.761. The lowest BCUT2D eigenvalue weighted by molar-refractivity contribution is -0.128. The third kappa shape index (κ3) is 5.17. The lowest BCUT2D eigenvalue weighted by atomic mass is 10.1. The van der Waals surface area contributed by atoms with E-state index in [-0.39, 0.29) is 11.8 Å². The van der Waals surface area contributed by atoms with Gasteiger partial charge >= 0.3 is 5.97 Å². The second-order valence-electron chi connectivity index (χ2n) is 6.02. The molecule has 26 heavy (non-hydrogen) atoms. The molecule has 0 radical (unpaired) electrons. The van der Waals surface area contributed by atoms with Crippen LogP contribution in [0.3, 0.4) is 0 Å². The molecule has 2 amide bonds. The van der Waals surface area contributed by atoms with Gasteiger partial charge in [-0.3, -0.25) is 9.59 Å². The Balaban J connectivity index is 2.06. The van der Waals surface area contributed by atoms with Crippen LogP contribution in [0.2, 0.25) is 0 Å². The normalized spacial score (nSPS) is 10.1. The van der Waals surface area contributed by atoms with Crippen LogP contribution in [0.4, 0.5) is 5.69 Å². The van der Waals surface area contributed by atoms with Crippen molar-refractivity contribution in [2.45, 2.75) is 12.8 Å². The molecule has 0 heterocycles. The van der Waals surface area contributed by atoms with Crippen molar-refractivity contribution in [2.24, 2.45) is 0 Å². The van der Waals surface area contributed by atoms with Gasteiger partial charge in [0.05, 0.1) is 12.7 Å². The van der Waals surface area contributed by atoms with E-state index in [0.29, 0.717) is 29.7 Å². The summed E-state index contributed by atoms with van der Waals surface area (Å²) in [6.45, 7) is 0. The fourth-order valence-electron chi connectivity index (χ4n) is 2.39. The van der Waals surface area contributed by atoms with Gasteiger partial charge in [0.1, 0.15) is 0 Å². The summed E-state index contributed by atoms with van der Waals surface area (Å²) in [5, 5.41) is 2.81. The fraction of sp³-hybridized carbons (Fsp3) is 0.250. The van der Waals surface area contributed by atoms with Crippen molar-refractivity contribution in [1.29, 1.82) is 0 Å². The number of hydrogen-bond acceptors (Lipinski definition) is 4. The lowest BCUT2D eigenvalue weighted by Crippen LogP contribution is -2.21. The van der Waals surface area contributed by atoms with Crippen molar-refractivity contribution in [3.8, 4) is 0 Å². The molecule has 0 saturated heterocycles. The molecule has 6 heteroatoms. The Labute approximate surface area is 152 Å². The minimum atomic E-state index is -0.493. The Morgan fingerprint density at radius 3 is 2.38 bits per heavy atom. The van der Waals surface area contributed by atoms with Gasteiger partial charge in [0.15, 0.2) is 0 Å². The van der Waals surface area contributed by atoms with Crippen molar-refractivity contribution in [3.05, 3.63) is 65.2 Å². The van der Waals surface area contributed by atoms with Crippen LogP contribution in [0.25, 0.3) is 0 Å². The topological polar surface area (TPSA) is 75.7 Å². The molecule has 136 valence electrons. The summed E-state index contributed by atoms with van der Waals surface area (Å²) in [6, 6.07) is 13.7. The summed E-state index contributed by atoms with van der Waals surface area (Å²) < 4.78 is 4.67. The zero-order valence-electron chi connectivity index (χ0n) is 15.1. The number of esters is 1. The van der Waals surface area contributed by atoms with E-state index in [2.05, 4.69) is 10.1 Å². The zero-order valence-corrected chi connectivity index (χ0v) is 15.1. The highest BCUT2D eigenvalue weighted by Gasteiger charge is 2.11. The van der Waals surface area contributed by atoms with Gasteiger partial charge in [0.2, 0.25) is 5.91 Å². The number of ether oxygens (including phenoxy) is 1. The number of nitrogens with one attached hydrogen (secondary N) is 1. The second kappa shape index (κ2) is 8.80. The maximum absolute atomic E-state index is 12.4. The highest BCUT2D eigenvalue weighted by atomic mass is 16.5. The van der Waals surface area contributed by atoms with Gasteiger partial charge in [-0.25, -0.2) is 4.79 Å². The van der Waals surface area contributed by atoms with Crippen LogP contribution < -0.4 is 5.32 Å². The number of nitrogens with zero attached hydrogens (tertiary/aromatic N) is 1. The van der Waals surface area contributed by atoms with Crippen LogP contribution in [0.15, 0.2) is 48.5 Å². The number of amides is 2. The predicted octanol–water partition coefficient (Wildman–Crippen LogP) is 2.75. The molecule has 0 aliphatic heterocycles. The van der Waals surface area contributed by atoms with E-state index in [0.717, 1.165) is 5.56 Å². The minimum Gasteiger partial charge on any atom is -0.465 e. The van der Waals surface area contributed by atoms with Gasteiger partial charge in [-0.2, -0.15) is 0 Å². The summed E-state index contributed by atoms with van der Waals surface area (Å²) in [7, 11) is 4.74. The number of benzene rings is 2. The lowest BCUT2D eigenvalue weighted by Gasteiger charge is -2.11. The van der Waals surface area contributed by atoms with Gasteiger partial charge in [-0.1, -0.05) is 18.2 Å². The van der Waals surface area contributed by atoms with E-state index < -0.39 is 5.97 Å². The quantitative estimate of drug-likeness (QED) is 0.810. The number of hydrogen-bond donors (Lipinski definition) is 1. The van der Waals surface area contributed by atoms with Crippen LogP contribution in [-0.4, -0.2) is 43.9 Å². The smallest absolute Gasteiger partial charge is 0.337 e. The van der Waals surface area contributed by atoms with E-state index in [1.54, 1.807) is 43.3 Å². The van der Waals surface area contributed by atoms with Crippen LogP contribution in [0, 0.1) is 0 Å². The van der Waals surface area contributed by atoms with Crippen molar-refractivity contribution < 1.29 is 19.1 Å². The summed E-state index contributed by atoms with van der Waals surface area (Å²) in [6.07, 6.45) is 1.00. The number of carbonyl (C=O) groups excluding carboxylic acids is 3. The van der Waals surface area contributed by atoms with Crippen LogP contribution in [0.5, 0.6) is 0 Å². The molecular formula is C20H22N2O4. The first-order chi connectivity index (χ1) is 12.4. The number of carbonyl (C=O) groups is 3. The average Bonchev–Trinajstić information content (AvgIpc) is 2.65. The SMILES string of the molecule is COC(=O)c1cccc(C(=O)Nc2cccc(CCC(=O)N(C)C)c2)c1. The van der Waals surface area contributed by atoms with Crippen molar-refractivity contribution in [3.63, 3.8) is 0 Å². The van der Waals surface area contributed by atoms with Crippen molar-refractivity contribution >= 4 is 23.5 Å². The number of methoxy groups -OCH3 is 1. The fourth-order valence-corrected chi connectivity index (χ4v) is 2.39. The molecule has 0 spiro atoms. The standard InChI is InChI=1S/C20H22N2O4/c1-22(2)18(23)11-10-14-6-4-9-17(12-14)21-19(24)15-7-5-8-16(13-15)20(25)26-3/h4-9,12-13H,10-11H2,1-3H3,(H,21,24). The highest BCUT2D eigenvalue weighted by molar-refractivity contribution is 6.05. The molecule has 2 aromatic rings. The third-order valence-corrected chi connectivity index (χ3v) is 3.86. The Hall–Kier alpha value is -3.15. The van der Waals surface area contributed by atoms with Gasteiger partial charge in [-0.05, 0) is 42.3 Å². The van der Waals surface area contributed by atoms with Crippen molar-refractivity contribution in [2.75, 3.05) is 26.5 Å². The average molecular weight is 354 g/mol. The largest absolute Gasteiger partial charge is 0.465 e. The molecular weight excluding hydrogens is 332 g/mol.